The molecule has 1 saturated heterocycles. The molecule has 3 nitrogen and oxygen atoms in total. The third-order valence-electron chi connectivity index (χ3n) is 5.20. The average molecular weight is 266 g/mol. The van der Waals surface area contributed by atoms with Crippen LogP contribution < -0.4 is 5.32 Å². The molecule has 0 bridgehead atoms. The maximum absolute atomic E-state index is 12.4. The third kappa shape index (κ3) is 4.20. The van der Waals surface area contributed by atoms with Gasteiger partial charge in [-0.15, -0.1) is 0 Å². The summed E-state index contributed by atoms with van der Waals surface area (Å²) in [5.41, 5.74) is 0. The molecule has 1 aliphatic carbocycles. The molecule has 3 heteroatoms. The highest BCUT2D eigenvalue weighted by Crippen LogP contribution is 2.31. The van der Waals surface area contributed by atoms with Crippen LogP contribution in [0.15, 0.2) is 0 Å². The van der Waals surface area contributed by atoms with E-state index < -0.39 is 0 Å². The largest absolute Gasteiger partial charge is 0.343 e. The first-order chi connectivity index (χ1) is 9.18. The SMILES string of the molecule is CC(CC(=O)N(C)C1CCNCC1)C1CCCCC1. The highest BCUT2D eigenvalue weighted by atomic mass is 16.2. The molecule has 1 heterocycles. The van der Waals surface area contributed by atoms with Gasteiger partial charge in [0.15, 0.2) is 0 Å². The molecule has 1 N–H and O–H groups in total. The quantitative estimate of drug-likeness (QED) is 0.848. The lowest BCUT2D eigenvalue weighted by atomic mass is 9.79. The second-order valence-electron chi connectivity index (χ2n) is 6.57. The van der Waals surface area contributed by atoms with Gasteiger partial charge in [0.1, 0.15) is 0 Å². The van der Waals surface area contributed by atoms with Gasteiger partial charge in [-0.25, -0.2) is 0 Å². The predicted octanol–water partition coefficient (Wildman–Crippen LogP) is 2.80. The molecular formula is C16H30N2O. The highest BCUT2D eigenvalue weighted by Gasteiger charge is 2.26. The van der Waals surface area contributed by atoms with E-state index in [1.165, 1.54) is 32.1 Å². The molecule has 0 spiro atoms. The monoisotopic (exact) mass is 266 g/mol. The van der Waals surface area contributed by atoms with Crippen LogP contribution in [0.3, 0.4) is 0 Å². The van der Waals surface area contributed by atoms with Gasteiger partial charge in [-0.3, -0.25) is 4.79 Å². The molecule has 0 aromatic carbocycles. The van der Waals surface area contributed by atoms with Gasteiger partial charge < -0.3 is 10.2 Å². The number of carbonyl (C=O) groups is 1. The molecule has 0 aromatic rings. The zero-order valence-electron chi connectivity index (χ0n) is 12.7. The third-order valence-corrected chi connectivity index (χ3v) is 5.20. The predicted molar refractivity (Wildman–Crippen MR) is 79.0 cm³/mol. The minimum absolute atomic E-state index is 0.366. The first kappa shape index (κ1) is 14.8. The molecule has 2 rings (SSSR count). The van der Waals surface area contributed by atoms with Crippen LogP contribution in [0.1, 0.15) is 58.3 Å². The number of amides is 1. The number of nitrogens with zero attached hydrogens (tertiary/aromatic N) is 1. The van der Waals surface area contributed by atoms with Gasteiger partial charge in [0, 0.05) is 19.5 Å². The smallest absolute Gasteiger partial charge is 0.222 e. The Hall–Kier alpha value is -0.570. The molecule has 2 fully saturated rings. The van der Waals surface area contributed by atoms with Gasteiger partial charge in [-0.05, 0) is 37.8 Å². The van der Waals surface area contributed by atoms with Crippen LogP contribution in [0.4, 0.5) is 0 Å². The molecule has 1 saturated carbocycles. The Labute approximate surface area is 118 Å². The zero-order chi connectivity index (χ0) is 13.7. The number of nitrogens with one attached hydrogen (secondary N) is 1. The number of carbonyl (C=O) groups excluding carboxylic acids is 1. The van der Waals surface area contributed by atoms with E-state index in [0.717, 1.165) is 38.3 Å². The van der Waals surface area contributed by atoms with Crippen molar-refractivity contribution in [2.45, 2.75) is 64.3 Å². The van der Waals surface area contributed by atoms with E-state index in [1.807, 2.05) is 11.9 Å². The van der Waals surface area contributed by atoms with Crippen LogP contribution in [0.5, 0.6) is 0 Å². The maximum atomic E-state index is 12.4. The van der Waals surface area contributed by atoms with Crippen molar-refractivity contribution in [2.24, 2.45) is 11.8 Å². The van der Waals surface area contributed by atoms with E-state index in [9.17, 15) is 4.79 Å². The number of rotatable bonds is 4. The fourth-order valence-electron chi connectivity index (χ4n) is 3.69. The lowest BCUT2D eigenvalue weighted by molar-refractivity contribution is -0.133. The Balaban J connectivity index is 1.78. The highest BCUT2D eigenvalue weighted by molar-refractivity contribution is 5.76. The van der Waals surface area contributed by atoms with E-state index in [2.05, 4.69) is 12.2 Å². The van der Waals surface area contributed by atoms with E-state index in [1.54, 1.807) is 0 Å². The summed E-state index contributed by atoms with van der Waals surface area (Å²) in [4.78, 5) is 14.4. The molecule has 1 aliphatic heterocycles. The molecule has 0 radical (unpaired) electrons. The lowest BCUT2D eigenvalue weighted by Gasteiger charge is -2.34. The van der Waals surface area contributed by atoms with Crippen molar-refractivity contribution in [2.75, 3.05) is 20.1 Å². The van der Waals surface area contributed by atoms with Crippen LogP contribution in [-0.4, -0.2) is 37.0 Å². The van der Waals surface area contributed by atoms with Crippen molar-refractivity contribution in [3.05, 3.63) is 0 Å². The molecule has 110 valence electrons. The Kier molecular flexibility index (Phi) is 5.68. The van der Waals surface area contributed by atoms with Crippen LogP contribution in [-0.2, 0) is 4.79 Å². The van der Waals surface area contributed by atoms with Crippen LogP contribution in [0.2, 0.25) is 0 Å². The fourth-order valence-corrected chi connectivity index (χ4v) is 3.69. The van der Waals surface area contributed by atoms with Crippen molar-refractivity contribution >= 4 is 5.91 Å². The van der Waals surface area contributed by atoms with E-state index in [-0.39, 0.29) is 0 Å². The summed E-state index contributed by atoms with van der Waals surface area (Å²) in [5, 5.41) is 3.36. The summed E-state index contributed by atoms with van der Waals surface area (Å²) >= 11 is 0. The normalized spacial score (nSPS) is 24.1. The second kappa shape index (κ2) is 7.28. The Morgan fingerprint density at radius 2 is 1.79 bits per heavy atom. The van der Waals surface area contributed by atoms with Crippen molar-refractivity contribution in [3.63, 3.8) is 0 Å². The van der Waals surface area contributed by atoms with Crippen molar-refractivity contribution in [1.29, 1.82) is 0 Å². The summed E-state index contributed by atoms with van der Waals surface area (Å²) in [6, 6.07) is 0.465. The topological polar surface area (TPSA) is 32.3 Å². The van der Waals surface area contributed by atoms with Crippen LogP contribution in [0.25, 0.3) is 0 Å². The summed E-state index contributed by atoms with van der Waals surface area (Å²) < 4.78 is 0. The summed E-state index contributed by atoms with van der Waals surface area (Å²) in [5.74, 6) is 1.72. The zero-order valence-corrected chi connectivity index (χ0v) is 12.7. The molecule has 1 atom stereocenters. The minimum atomic E-state index is 0.366. The Bertz CT molecular complexity index is 280. The minimum Gasteiger partial charge on any atom is -0.343 e. The number of hydrogen-bond acceptors (Lipinski definition) is 2. The van der Waals surface area contributed by atoms with E-state index in [0.29, 0.717) is 17.9 Å². The molecular weight excluding hydrogens is 236 g/mol. The average Bonchev–Trinajstić information content (AvgIpc) is 2.48. The number of hydrogen-bond donors (Lipinski definition) is 1. The number of piperidine rings is 1. The molecule has 19 heavy (non-hydrogen) atoms. The standard InChI is InChI=1S/C16H30N2O/c1-13(14-6-4-3-5-7-14)12-16(19)18(2)15-8-10-17-11-9-15/h13-15,17H,3-12H2,1-2H3. The van der Waals surface area contributed by atoms with Gasteiger partial charge in [-0.2, -0.15) is 0 Å². The maximum Gasteiger partial charge on any atom is 0.222 e. The Morgan fingerprint density at radius 1 is 1.16 bits per heavy atom. The summed E-state index contributed by atoms with van der Waals surface area (Å²) in [6.45, 7) is 4.39. The molecule has 1 amide bonds. The fraction of sp³-hybridized carbons (Fsp3) is 0.938. The first-order valence-electron chi connectivity index (χ1n) is 8.15. The summed E-state index contributed by atoms with van der Waals surface area (Å²) in [6.07, 6.45) is 9.79. The second-order valence-corrected chi connectivity index (χ2v) is 6.57. The van der Waals surface area contributed by atoms with Gasteiger partial charge in [0.05, 0.1) is 0 Å². The van der Waals surface area contributed by atoms with Gasteiger partial charge >= 0.3 is 0 Å². The molecule has 2 aliphatic rings. The Morgan fingerprint density at radius 3 is 2.42 bits per heavy atom. The van der Waals surface area contributed by atoms with Crippen molar-refractivity contribution < 1.29 is 4.79 Å². The van der Waals surface area contributed by atoms with Gasteiger partial charge in [0.2, 0.25) is 5.91 Å². The molecule has 0 aromatic heterocycles. The molecule has 1 unspecified atom stereocenters. The van der Waals surface area contributed by atoms with E-state index >= 15 is 0 Å². The van der Waals surface area contributed by atoms with Crippen molar-refractivity contribution in [1.82, 2.24) is 10.2 Å². The van der Waals surface area contributed by atoms with Crippen LogP contribution in [0, 0.1) is 11.8 Å². The first-order valence-corrected chi connectivity index (χ1v) is 8.15. The van der Waals surface area contributed by atoms with Gasteiger partial charge in [-0.1, -0.05) is 39.0 Å². The van der Waals surface area contributed by atoms with Gasteiger partial charge in [0.25, 0.3) is 0 Å². The van der Waals surface area contributed by atoms with E-state index in [4.69, 9.17) is 0 Å². The van der Waals surface area contributed by atoms with Crippen molar-refractivity contribution in [3.8, 4) is 0 Å². The van der Waals surface area contributed by atoms with Crippen LogP contribution >= 0.6 is 0 Å². The lowest BCUT2D eigenvalue weighted by Crippen LogP contribution is -2.44. The summed E-state index contributed by atoms with van der Waals surface area (Å²) in [7, 11) is 2.01.